The van der Waals surface area contributed by atoms with E-state index in [2.05, 4.69) is 234 Å². The van der Waals surface area contributed by atoms with Crippen LogP contribution in [0.1, 0.15) is 107 Å². The molecular formula is C57H55BrN4. The lowest BCUT2D eigenvalue weighted by Gasteiger charge is -2.19. The molecule has 0 amide bonds. The second-order valence-corrected chi connectivity index (χ2v) is 20.3. The summed E-state index contributed by atoms with van der Waals surface area (Å²) in [5.41, 5.74) is 21.3. The molecule has 2 aliphatic heterocycles. The number of fused-ring (bicyclic) bond motifs is 8. The molecule has 5 heteroatoms. The summed E-state index contributed by atoms with van der Waals surface area (Å²) >= 11 is 3.82. The predicted octanol–water partition coefficient (Wildman–Crippen LogP) is 16.1. The van der Waals surface area contributed by atoms with E-state index in [4.69, 9.17) is 9.97 Å². The number of aromatic amines is 2. The minimum Gasteiger partial charge on any atom is -0.354 e. The first kappa shape index (κ1) is 41.3. The monoisotopic (exact) mass is 874 g/mol. The molecule has 2 aliphatic rings. The van der Waals surface area contributed by atoms with Crippen LogP contribution in [0.2, 0.25) is 0 Å². The highest BCUT2D eigenvalue weighted by atomic mass is 79.9. The van der Waals surface area contributed by atoms with Gasteiger partial charge in [0.05, 0.1) is 22.8 Å². The normalized spacial score (nSPS) is 12.9. The first-order valence-corrected chi connectivity index (χ1v) is 22.8. The summed E-state index contributed by atoms with van der Waals surface area (Å²) in [7, 11) is 0. The van der Waals surface area contributed by atoms with Crippen LogP contribution >= 0.6 is 15.9 Å². The van der Waals surface area contributed by atoms with E-state index in [1.807, 2.05) is 0 Å². The summed E-state index contributed by atoms with van der Waals surface area (Å²) in [4.78, 5) is 18.9. The number of H-pyrrole nitrogens is 2. The lowest BCUT2D eigenvalue weighted by molar-refractivity contribution is 0.590. The highest BCUT2D eigenvalue weighted by molar-refractivity contribution is 9.08. The van der Waals surface area contributed by atoms with E-state index in [1.165, 1.54) is 22.3 Å². The SMILES string of the molecule is CC(C)(C)c1ccc(-c2c3nc(c(-c4ccc(C(C)(C)C)cc4)c4ccc([nH]4)c(-c4ccccc4CBr)c4ccc([nH]4)c(-c4ccc(C(C)(C)C)cc4)c4nc2C=C4)C=C3)cc1. The van der Waals surface area contributed by atoms with Crippen molar-refractivity contribution < 1.29 is 0 Å². The van der Waals surface area contributed by atoms with Gasteiger partial charge in [-0.25, -0.2) is 9.97 Å². The Labute approximate surface area is 375 Å². The maximum Gasteiger partial charge on any atom is 0.0738 e. The number of aromatic nitrogens is 4. The van der Waals surface area contributed by atoms with Gasteiger partial charge in [-0.2, -0.15) is 0 Å². The molecule has 5 heterocycles. The lowest BCUT2D eigenvalue weighted by Crippen LogP contribution is -2.10. The van der Waals surface area contributed by atoms with Gasteiger partial charge in [0.15, 0.2) is 0 Å². The summed E-state index contributed by atoms with van der Waals surface area (Å²) in [6.45, 7) is 20.3. The Bertz CT molecular complexity index is 2910. The molecule has 9 rings (SSSR count). The zero-order valence-corrected chi connectivity index (χ0v) is 38.9. The number of benzene rings is 4. The number of nitrogens with one attached hydrogen (secondary N) is 2. The number of rotatable bonds is 5. The number of halogens is 1. The lowest BCUT2D eigenvalue weighted by atomic mass is 9.86. The molecule has 0 unspecified atom stereocenters. The number of hydrogen-bond acceptors (Lipinski definition) is 2. The topological polar surface area (TPSA) is 57.4 Å². The highest BCUT2D eigenvalue weighted by Gasteiger charge is 2.22. The van der Waals surface area contributed by atoms with Crippen LogP contribution in [0.4, 0.5) is 0 Å². The second kappa shape index (κ2) is 15.7. The Hall–Kier alpha value is -6.04. The molecule has 0 saturated carbocycles. The second-order valence-electron chi connectivity index (χ2n) is 19.8. The van der Waals surface area contributed by atoms with Gasteiger partial charge in [-0.1, -0.05) is 175 Å². The van der Waals surface area contributed by atoms with E-state index < -0.39 is 0 Å². The molecule has 4 nitrogen and oxygen atoms in total. The van der Waals surface area contributed by atoms with Crippen LogP contribution in [0.25, 0.3) is 90.9 Å². The number of nitrogens with zero attached hydrogens (tertiary/aromatic N) is 2. The third kappa shape index (κ3) is 7.84. The zero-order valence-electron chi connectivity index (χ0n) is 37.3. The van der Waals surface area contributed by atoms with E-state index in [9.17, 15) is 0 Å². The Balaban J connectivity index is 1.43. The smallest absolute Gasteiger partial charge is 0.0738 e. The Morgan fingerprint density at radius 1 is 0.387 bits per heavy atom. The van der Waals surface area contributed by atoms with Gasteiger partial charge < -0.3 is 9.97 Å². The van der Waals surface area contributed by atoms with Crippen LogP contribution in [0, 0.1) is 0 Å². The van der Waals surface area contributed by atoms with Gasteiger partial charge in [-0.15, -0.1) is 0 Å². The third-order valence-electron chi connectivity index (χ3n) is 12.3. The van der Waals surface area contributed by atoms with Crippen molar-refractivity contribution in [3.63, 3.8) is 0 Å². The Morgan fingerprint density at radius 2 is 0.710 bits per heavy atom. The van der Waals surface area contributed by atoms with Crippen LogP contribution < -0.4 is 0 Å². The molecular weight excluding hydrogens is 821 g/mol. The van der Waals surface area contributed by atoms with Crippen molar-refractivity contribution in [1.82, 2.24) is 19.9 Å². The van der Waals surface area contributed by atoms with Crippen molar-refractivity contribution >= 4 is 62.3 Å². The molecule has 4 aromatic carbocycles. The fourth-order valence-electron chi connectivity index (χ4n) is 8.69. The summed E-state index contributed by atoms with van der Waals surface area (Å²) in [5, 5.41) is 0.723. The van der Waals surface area contributed by atoms with Crippen molar-refractivity contribution in [3.8, 4) is 44.5 Å². The summed E-state index contributed by atoms with van der Waals surface area (Å²) in [6, 6.07) is 44.5. The molecule has 0 fully saturated rings. The molecule has 2 N–H and O–H groups in total. The standard InChI is InChI=1S/C57H55BrN4/c1-55(2,3)39-20-14-35(15-21-39)51-43-26-28-45(59-43)52(36-16-22-40(23-17-36)56(4,5)6)47-30-32-49(61-47)54(42-13-11-10-12-38(42)34-58)50-33-31-48(62-50)53(46-29-27-44(51)60-46)37-18-24-41(25-19-37)57(7,8)9/h10-33,61-62H,34H2,1-9H3. The van der Waals surface area contributed by atoms with Crippen LogP contribution in [0.5, 0.6) is 0 Å². The first-order valence-electron chi connectivity index (χ1n) is 21.7. The highest BCUT2D eigenvalue weighted by Crippen LogP contribution is 2.40. The van der Waals surface area contributed by atoms with E-state index in [0.29, 0.717) is 0 Å². The fraction of sp³-hybridized carbons (Fsp3) is 0.228. The minimum absolute atomic E-state index is 0.0251. The average molecular weight is 876 g/mol. The quantitative estimate of drug-likeness (QED) is 0.169. The summed E-state index contributed by atoms with van der Waals surface area (Å²) in [5.74, 6) is 0. The largest absolute Gasteiger partial charge is 0.354 e. The van der Waals surface area contributed by atoms with E-state index in [0.717, 1.165) is 94.7 Å². The molecule has 0 saturated heterocycles. The zero-order chi connectivity index (χ0) is 43.6. The van der Waals surface area contributed by atoms with E-state index >= 15 is 0 Å². The van der Waals surface area contributed by atoms with Crippen LogP contribution in [-0.2, 0) is 21.6 Å². The molecule has 310 valence electrons. The van der Waals surface area contributed by atoms with Crippen molar-refractivity contribution in [1.29, 1.82) is 0 Å². The molecule has 0 aliphatic carbocycles. The van der Waals surface area contributed by atoms with E-state index in [-0.39, 0.29) is 16.2 Å². The summed E-state index contributed by atoms with van der Waals surface area (Å²) < 4.78 is 0. The number of alkyl halides is 1. The Kier molecular flexibility index (Phi) is 10.5. The fourth-order valence-corrected chi connectivity index (χ4v) is 9.18. The van der Waals surface area contributed by atoms with Gasteiger partial charge in [0.25, 0.3) is 0 Å². The molecule has 62 heavy (non-hydrogen) atoms. The van der Waals surface area contributed by atoms with Gasteiger partial charge in [0.2, 0.25) is 0 Å². The van der Waals surface area contributed by atoms with Crippen LogP contribution in [0.15, 0.2) is 121 Å². The maximum atomic E-state index is 5.53. The minimum atomic E-state index is 0.0251. The first-order chi connectivity index (χ1) is 29.6. The van der Waals surface area contributed by atoms with Crippen LogP contribution in [0.3, 0.4) is 0 Å². The summed E-state index contributed by atoms with van der Waals surface area (Å²) in [6.07, 6.45) is 8.67. The molecule has 0 spiro atoms. The van der Waals surface area contributed by atoms with Gasteiger partial charge in [0.1, 0.15) is 0 Å². The molecule has 0 radical (unpaired) electrons. The number of hydrogen-bond donors (Lipinski definition) is 2. The average Bonchev–Trinajstić information content (AvgIpc) is 4.09. The maximum absolute atomic E-state index is 5.53. The molecule has 7 aromatic rings. The van der Waals surface area contributed by atoms with Gasteiger partial charge >= 0.3 is 0 Å². The van der Waals surface area contributed by atoms with Crippen molar-refractivity contribution in [3.05, 3.63) is 166 Å². The van der Waals surface area contributed by atoms with E-state index in [1.54, 1.807) is 0 Å². The van der Waals surface area contributed by atoms with Gasteiger partial charge in [-0.3, -0.25) is 0 Å². The van der Waals surface area contributed by atoms with Crippen LogP contribution in [-0.4, -0.2) is 19.9 Å². The Morgan fingerprint density at radius 3 is 1.06 bits per heavy atom. The molecule has 8 bridgehead atoms. The van der Waals surface area contributed by atoms with Crippen molar-refractivity contribution in [2.75, 3.05) is 0 Å². The third-order valence-corrected chi connectivity index (χ3v) is 12.9. The van der Waals surface area contributed by atoms with Gasteiger partial charge in [-0.05, 0) is 109 Å². The molecule has 3 aromatic heterocycles. The molecule has 0 atom stereocenters. The van der Waals surface area contributed by atoms with Crippen molar-refractivity contribution in [2.24, 2.45) is 0 Å². The van der Waals surface area contributed by atoms with Gasteiger partial charge in [0, 0.05) is 49.7 Å². The van der Waals surface area contributed by atoms with Crippen molar-refractivity contribution in [2.45, 2.75) is 83.9 Å². The predicted molar refractivity (Wildman–Crippen MR) is 269 cm³/mol.